The molecule has 1 aliphatic heterocycles. The van der Waals surface area contributed by atoms with Gasteiger partial charge < -0.3 is 5.11 Å². The lowest BCUT2D eigenvalue weighted by molar-refractivity contribution is 0.0696. The number of sulfonamides is 1. The van der Waals surface area contributed by atoms with E-state index in [-0.39, 0.29) is 10.5 Å². The van der Waals surface area contributed by atoms with Crippen molar-refractivity contribution in [3.8, 4) is 11.3 Å². The molecule has 6 nitrogen and oxygen atoms in total. The zero-order valence-corrected chi connectivity index (χ0v) is 17.0. The predicted octanol–water partition coefficient (Wildman–Crippen LogP) is 3.88. The van der Waals surface area contributed by atoms with E-state index in [4.69, 9.17) is 0 Å². The number of fused-ring (bicyclic) bond motifs is 1. The molecular formula is C20H18N2O4S2. The molecule has 1 N–H and O–H groups in total. The molecule has 0 aliphatic carbocycles. The predicted molar refractivity (Wildman–Crippen MR) is 109 cm³/mol. The number of carboxylic acid groups (broad SMARTS) is 1. The van der Waals surface area contributed by atoms with Gasteiger partial charge in [0, 0.05) is 17.5 Å². The molecule has 0 unspecified atom stereocenters. The van der Waals surface area contributed by atoms with Crippen LogP contribution in [0.15, 0.2) is 46.7 Å². The number of aryl methyl sites for hydroxylation is 2. The van der Waals surface area contributed by atoms with Gasteiger partial charge in [-0.3, -0.25) is 4.31 Å². The lowest BCUT2D eigenvalue weighted by Crippen LogP contribution is -2.29. The van der Waals surface area contributed by atoms with Crippen LogP contribution in [0, 0.1) is 13.8 Å². The first-order chi connectivity index (χ1) is 13.3. The Morgan fingerprint density at radius 2 is 1.96 bits per heavy atom. The molecule has 0 saturated carbocycles. The second kappa shape index (κ2) is 6.72. The Bertz CT molecular complexity index is 1200. The Hall–Kier alpha value is -2.71. The number of hydrogen-bond donors (Lipinski definition) is 1. The van der Waals surface area contributed by atoms with E-state index in [2.05, 4.69) is 4.98 Å². The van der Waals surface area contributed by atoms with E-state index >= 15 is 0 Å². The van der Waals surface area contributed by atoms with Crippen molar-refractivity contribution in [1.82, 2.24) is 4.98 Å². The van der Waals surface area contributed by atoms with Gasteiger partial charge in [-0.2, -0.15) is 0 Å². The summed E-state index contributed by atoms with van der Waals surface area (Å²) in [5.74, 6) is -1.15. The van der Waals surface area contributed by atoms with Crippen LogP contribution < -0.4 is 4.31 Å². The van der Waals surface area contributed by atoms with Crippen molar-refractivity contribution >= 4 is 33.0 Å². The van der Waals surface area contributed by atoms with Crippen molar-refractivity contribution in [3.05, 3.63) is 63.5 Å². The summed E-state index contributed by atoms with van der Waals surface area (Å²) in [5.41, 5.74) is 3.91. The number of nitrogens with zero attached hydrogens (tertiary/aromatic N) is 2. The van der Waals surface area contributed by atoms with Crippen LogP contribution in [0.4, 0.5) is 5.69 Å². The number of thiazole rings is 1. The molecule has 2 heterocycles. The lowest BCUT2D eigenvalue weighted by atomic mass is 10.1. The number of rotatable bonds is 4. The minimum Gasteiger partial charge on any atom is -0.478 e. The molecule has 1 aromatic heterocycles. The van der Waals surface area contributed by atoms with Gasteiger partial charge in [0.25, 0.3) is 10.0 Å². The van der Waals surface area contributed by atoms with Gasteiger partial charge in [0.05, 0.1) is 26.8 Å². The van der Waals surface area contributed by atoms with Crippen LogP contribution in [-0.2, 0) is 16.4 Å². The molecular weight excluding hydrogens is 396 g/mol. The quantitative estimate of drug-likeness (QED) is 0.700. The van der Waals surface area contributed by atoms with Crippen LogP contribution in [0.5, 0.6) is 0 Å². The first kappa shape index (κ1) is 18.6. The molecule has 3 aromatic rings. The number of aromatic nitrogens is 1. The van der Waals surface area contributed by atoms with Gasteiger partial charge in [0.1, 0.15) is 0 Å². The molecule has 0 radical (unpaired) electrons. The topological polar surface area (TPSA) is 87.6 Å². The fourth-order valence-corrected chi connectivity index (χ4v) is 5.79. The van der Waals surface area contributed by atoms with Crippen LogP contribution in [0.1, 0.15) is 26.5 Å². The first-order valence-corrected chi connectivity index (χ1v) is 11.0. The fourth-order valence-electron chi connectivity index (χ4n) is 3.41. The van der Waals surface area contributed by atoms with Gasteiger partial charge in [0.15, 0.2) is 0 Å². The Labute approximate surface area is 167 Å². The highest BCUT2D eigenvalue weighted by Crippen LogP contribution is 2.36. The largest absolute Gasteiger partial charge is 0.478 e. The van der Waals surface area contributed by atoms with E-state index in [0.717, 1.165) is 21.8 Å². The molecule has 0 amide bonds. The van der Waals surface area contributed by atoms with Gasteiger partial charge in [-0.15, -0.1) is 11.3 Å². The van der Waals surface area contributed by atoms with Crippen LogP contribution >= 0.6 is 11.3 Å². The van der Waals surface area contributed by atoms with E-state index in [9.17, 15) is 18.3 Å². The third-order valence-electron chi connectivity index (χ3n) is 4.85. The summed E-state index contributed by atoms with van der Waals surface area (Å²) < 4.78 is 27.9. The molecule has 0 fully saturated rings. The summed E-state index contributed by atoms with van der Waals surface area (Å²) in [5, 5.41) is 12.2. The maximum atomic E-state index is 13.3. The molecule has 144 valence electrons. The summed E-state index contributed by atoms with van der Waals surface area (Å²) in [6.07, 6.45) is 0.600. The normalized spacial score (nSPS) is 13.6. The SMILES string of the molecule is Cc1nc(-c2ccc3c(c2)CCN3S(=O)(=O)c2cc(C(=O)O)ccc2C)cs1. The molecule has 0 spiro atoms. The third-order valence-corrected chi connectivity index (χ3v) is 7.58. The monoisotopic (exact) mass is 414 g/mol. The smallest absolute Gasteiger partial charge is 0.335 e. The van der Waals surface area contributed by atoms with Crippen molar-refractivity contribution in [2.24, 2.45) is 0 Å². The van der Waals surface area contributed by atoms with E-state index < -0.39 is 16.0 Å². The number of hydrogen-bond acceptors (Lipinski definition) is 5. The van der Waals surface area contributed by atoms with E-state index in [0.29, 0.717) is 24.2 Å². The van der Waals surface area contributed by atoms with Crippen LogP contribution in [0.3, 0.4) is 0 Å². The second-order valence-electron chi connectivity index (χ2n) is 6.71. The first-order valence-electron chi connectivity index (χ1n) is 8.69. The summed E-state index contributed by atoms with van der Waals surface area (Å²) in [6, 6.07) is 9.84. The van der Waals surface area contributed by atoms with Crippen molar-refractivity contribution in [3.63, 3.8) is 0 Å². The van der Waals surface area contributed by atoms with E-state index in [1.807, 2.05) is 24.4 Å². The molecule has 0 atom stereocenters. The second-order valence-corrected chi connectivity index (χ2v) is 9.60. The van der Waals surface area contributed by atoms with Gasteiger partial charge in [-0.1, -0.05) is 12.1 Å². The highest BCUT2D eigenvalue weighted by Gasteiger charge is 2.32. The van der Waals surface area contributed by atoms with Crippen molar-refractivity contribution in [2.75, 3.05) is 10.8 Å². The Kier molecular flexibility index (Phi) is 4.47. The number of benzene rings is 2. The van der Waals surface area contributed by atoms with Crippen LogP contribution in [-0.4, -0.2) is 31.0 Å². The lowest BCUT2D eigenvalue weighted by Gasteiger charge is -2.21. The number of carbonyl (C=O) groups is 1. The zero-order chi connectivity index (χ0) is 20.1. The maximum Gasteiger partial charge on any atom is 0.335 e. The fraction of sp³-hybridized carbons (Fsp3) is 0.200. The zero-order valence-electron chi connectivity index (χ0n) is 15.3. The Morgan fingerprint density at radius 1 is 1.18 bits per heavy atom. The standard InChI is InChI=1S/C20H18N2O4S2/c1-12-3-4-16(20(23)24)10-19(12)28(25,26)22-8-7-15-9-14(5-6-18(15)22)17-11-27-13(2)21-17/h3-6,9-11H,7-8H2,1-2H3,(H,23,24). The van der Waals surface area contributed by atoms with Crippen LogP contribution in [0.2, 0.25) is 0 Å². The Balaban J connectivity index is 1.75. The van der Waals surface area contributed by atoms with Crippen molar-refractivity contribution in [2.45, 2.75) is 25.2 Å². The van der Waals surface area contributed by atoms with E-state index in [1.165, 1.54) is 22.5 Å². The van der Waals surface area contributed by atoms with Crippen molar-refractivity contribution < 1.29 is 18.3 Å². The van der Waals surface area contributed by atoms with Crippen molar-refractivity contribution in [1.29, 1.82) is 0 Å². The molecule has 28 heavy (non-hydrogen) atoms. The molecule has 2 aromatic carbocycles. The van der Waals surface area contributed by atoms with Gasteiger partial charge in [0.2, 0.25) is 0 Å². The Morgan fingerprint density at radius 3 is 2.64 bits per heavy atom. The summed E-state index contributed by atoms with van der Waals surface area (Å²) >= 11 is 1.57. The van der Waals surface area contributed by atoms with Gasteiger partial charge in [-0.05, 0) is 55.7 Å². The number of anilines is 1. The van der Waals surface area contributed by atoms with E-state index in [1.54, 1.807) is 24.3 Å². The average Bonchev–Trinajstić information content (AvgIpc) is 3.27. The van der Waals surface area contributed by atoms with Crippen LogP contribution in [0.25, 0.3) is 11.3 Å². The molecule has 1 aliphatic rings. The third kappa shape index (κ3) is 3.08. The minimum absolute atomic E-state index is 0.0273. The number of carboxylic acids is 1. The summed E-state index contributed by atoms with van der Waals surface area (Å²) in [7, 11) is -3.86. The van der Waals surface area contributed by atoms with Gasteiger partial charge in [-0.25, -0.2) is 18.2 Å². The average molecular weight is 415 g/mol. The van der Waals surface area contributed by atoms with Gasteiger partial charge >= 0.3 is 5.97 Å². The molecule has 4 rings (SSSR count). The highest BCUT2D eigenvalue weighted by atomic mass is 32.2. The summed E-state index contributed by atoms with van der Waals surface area (Å²) in [4.78, 5) is 15.8. The minimum atomic E-state index is -3.86. The molecule has 0 bridgehead atoms. The highest BCUT2D eigenvalue weighted by molar-refractivity contribution is 7.93. The molecule has 8 heteroatoms. The number of aromatic carboxylic acids is 1. The maximum absolute atomic E-state index is 13.3. The summed E-state index contributed by atoms with van der Waals surface area (Å²) in [6.45, 7) is 3.94. The molecule has 0 saturated heterocycles.